The summed E-state index contributed by atoms with van der Waals surface area (Å²) < 4.78 is 1.98. The molecule has 4 aromatic carbocycles. The van der Waals surface area contributed by atoms with Gasteiger partial charge in [0.2, 0.25) is 0 Å². The number of fused-ring (bicyclic) bond motifs is 2. The first-order valence-corrected chi connectivity index (χ1v) is 10.6. The highest BCUT2D eigenvalue weighted by molar-refractivity contribution is 6.07. The van der Waals surface area contributed by atoms with E-state index in [1.165, 1.54) is 0 Å². The third kappa shape index (κ3) is 3.90. The Kier molecular flexibility index (Phi) is 5.03. The maximum atomic E-state index is 13.3. The van der Waals surface area contributed by atoms with Gasteiger partial charge in [0.25, 0.3) is 5.91 Å². The van der Waals surface area contributed by atoms with Crippen LogP contribution < -0.4 is 16.8 Å². The molecule has 33 heavy (non-hydrogen) atoms. The SMILES string of the molecule is N=C(N)c1ccc2cc(C(=O)Nc3ccc(N)cc3)n(Cc3cccc4ccccc34)c2c1. The second-order valence-corrected chi connectivity index (χ2v) is 8.02. The Bertz CT molecular complexity index is 1510. The third-order valence-electron chi connectivity index (χ3n) is 5.82. The number of nitrogens with one attached hydrogen (secondary N) is 2. The van der Waals surface area contributed by atoms with Gasteiger partial charge in [-0.1, -0.05) is 54.6 Å². The molecule has 0 spiro atoms. The van der Waals surface area contributed by atoms with Gasteiger partial charge in [0.05, 0.1) is 0 Å². The van der Waals surface area contributed by atoms with Crippen LogP contribution in [-0.4, -0.2) is 16.3 Å². The fourth-order valence-corrected chi connectivity index (χ4v) is 4.14. The molecule has 6 heteroatoms. The van der Waals surface area contributed by atoms with Crippen LogP contribution in [0.15, 0.2) is 91.0 Å². The number of amides is 1. The van der Waals surface area contributed by atoms with Gasteiger partial charge in [0.1, 0.15) is 11.5 Å². The van der Waals surface area contributed by atoms with Gasteiger partial charge < -0.3 is 21.4 Å². The van der Waals surface area contributed by atoms with Crippen molar-refractivity contribution in [2.24, 2.45) is 5.73 Å². The number of anilines is 2. The summed E-state index contributed by atoms with van der Waals surface area (Å²) in [6.07, 6.45) is 0. The second kappa shape index (κ2) is 8.16. The molecule has 0 fully saturated rings. The molecule has 0 bridgehead atoms. The molecule has 0 aliphatic rings. The standard InChI is InChI=1S/C27H23N5O/c28-21-10-12-22(13-11-21)31-27(33)25-14-18-8-9-19(26(29)30)15-24(18)32(25)16-20-6-3-5-17-4-1-2-7-23(17)20/h1-15H,16,28H2,(H3,29,30)(H,31,33). The maximum absolute atomic E-state index is 13.3. The molecular formula is C27H23N5O. The molecule has 1 aromatic heterocycles. The minimum atomic E-state index is -0.222. The minimum Gasteiger partial charge on any atom is -0.399 e. The summed E-state index contributed by atoms with van der Waals surface area (Å²) in [6.45, 7) is 0.497. The first kappa shape index (κ1) is 20.3. The normalized spacial score (nSPS) is 11.0. The van der Waals surface area contributed by atoms with Crippen LogP contribution in [0, 0.1) is 5.41 Å². The van der Waals surface area contributed by atoms with Gasteiger partial charge in [-0.15, -0.1) is 0 Å². The molecule has 0 aliphatic carbocycles. The highest BCUT2D eigenvalue weighted by Gasteiger charge is 2.18. The van der Waals surface area contributed by atoms with Crippen LogP contribution in [0.5, 0.6) is 0 Å². The van der Waals surface area contributed by atoms with E-state index in [1.807, 2.05) is 41.0 Å². The molecule has 0 unspecified atom stereocenters. The van der Waals surface area contributed by atoms with E-state index in [1.54, 1.807) is 30.3 Å². The molecule has 5 aromatic rings. The van der Waals surface area contributed by atoms with Gasteiger partial charge in [-0.2, -0.15) is 0 Å². The summed E-state index contributed by atoms with van der Waals surface area (Å²) in [5.41, 5.74) is 15.9. The Morgan fingerprint density at radius 3 is 2.42 bits per heavy atom. The van der Waals surface area contributed by atoms with Gasteiger partial charge in [-0.25, -0.2) is 0 Å². The molecule has 6 nitrogen and oxygen atoms in total. The molecule has 6 N–H and O–H groups in total. The molecule has 0 saturated heterocycles. The molecule has 0 saturated carbocycles. The van der Waals surface area contributed by atoms with Gasteiger partial charge in [0.15, 0.2) is 0 Å². The predicted octanol–water partition coefficient (Wildman–Crippen LogP) is 4.96. The lowest BCUT2D eigenvalue weighted by molar-refractivity contribution is 0.101. The smallest absolute Gasteiger partial charge is 0.272 e. The van der Waals surface area contributed by atoms with Crippen molar-refractivity contribution < 1.29 is 4.79 Å². The number of nitrogens with zero attached hydrogens (tertiary/aromatic N) is 1. The number of nitrogens with two attached hydrogens (primary N) is 2. The lowest BCUT2D eigenvalue weighted by Gasteiger charge is -2.14. The number of hydrogen-bond acceptors (Lipinski definition) is 3. The average Bonchev–Trinajstić information content (AvgIpc) is 3.18. The number of nitrogen functional groups attached to an aromatic ring is 2. The molecule has 0 radical (unpaired) electrons. The molecule has 0 aliphatic heterocycles. The predicted molar refractivity (Wildman–Crippen MR) is 135 cm³/mol. The van der Waals surface area contributed by atoms with Crippen molar-refractivity contribution in [3.8, 4) is 0 Å². The Morgan fingerprint density at radius 1 is 0.879 bits per heavy atom. The van der Waals surface area contributed by atoms with Crippen LogP contribution in [0.25, 0.3) is 21.7 Å². The van der Waals surface area contributed by atoms with Crippen molar-refractivity contribution in [1.82, 2.24) is 4.57 Å². The van der Waals surface area contributed by atoms with E-state index in [4.69, 9.17) is 16.9 Å². The van der Waals surface area contributed by atoms with E-state index in [0.29, 0.717) is 29.2 Å². The summed E-state index contributed by atoms with van der Waals surface area (Å²) >= 11 is 0. The monoisotopic (exact) mass is 433 g/mol. The van der Waals surface area contributed by atoms with Crippen LogP contribution in [-0.2, 0) is 6.54 Å². The molecule has 1 heterocycles. The number of benzene rings is 4. The summed E-state index contributed by atoms with van der Waals surface area (Å²) in [6, 6.07) is 28.9. The highest BCUT2D eigenvalue weighted by Crippen LogP contribution is 2.26. The number of carbonyl (C=O) groups excluding carboxylic acids is 1. The van der Waals surface area contributed by atoms with Gasteiger partial charge in [-0.05, 0) is 52.7 Å². The Hall–Kier alpha value is -4.58. The van der Waals surface area contributed by atoms with Gasteiger partial charge in [-0.3, -0.25) is 10.2 Å². The van der Waals surface area contributed by atoms with Crippen molar-refractivity contribution in [3.63, 3.8) is 0 Å². The van der Waals surface area contributed by atoms with Crippen LogP contribution in [0.3, 0.4) is 0 Å². The van der Waals surface area contributed by atoms with Crippen LogP contribution in [0.4, 0.5) is 11.4 Å². The fraction of sp³-hybridized carbons (Fsp3) is 0.0370. The number of hydrogen-bond donors (Lipinski definition) is 4. The van der Waals surface area contributed by atoms with Crippen molar-refractivity contribution in [1.29, 1.82) is 5.41 Å². The first-order chi connectivity index (χ1) is 16.0. The molecular weight excluding hydrogens is 410 g/mol. The average molecular weight is 434 g/mol. The zero-order valence-electron chi connectivity index (χ0n) is 17.9. The second-order valence-electron chi connectivity index (χ2n) is 8.02. The Morgan fingerprint density at radius 2 is 1.64 bits per heavy atom. The molecule has 162 valence electrons. The quantitative estimate of drug-likeness (QED) is 0.179. The zero-order chi connectivity index (χ0) is 22.9. The van der Waals surface area contributed by atoms with Crippen molar-refractivity contribution >= 4 is 44.8 Å². The van der Waals surface area contributed by atoms with Crippen molar-refractivity contribution in [2.75, 3.05) is 11.1 Å². The van der Waals surface area contributed by atoms with Crippen molar-refractivity contribution in [3.05, 3.63) is 108 Å². The molecule has 1 amide bonds. The highest BCUT2D eigenvalue weighted by atomic mass is 16.1. The Balaban J connectivity index is 1.63. The van der Waals surface area contributed by atoms with Crippen molar-refractivity contribution in [2.45, 2.75) is 6.54 Å². The van der Waals surface area contributed by atoms with E-state index in [9.17, 15) is 4.79 Å². The molecule has 0 atom stereocenters. The number of carbonyl (C=O) groups is 1. The van der Waals surface area contributed by atoms with Crippen LogP contribution in [0.1, 0.15) is 21.6 Å². The summed E-state index contributed by atoms with van der Waals surface area (Å²) in [7, 11) is 0. The maximum Gasteiger partial charge on any atom is 0.272 e. The summed E-state index contributed by atoms with van der Waals surface area (Å²) in [4.78, 5) is 13.3. The number of aromatic nitrogens is 1. The van der Waals surface area contributed by atoms with E-state index >= 15 is 0 Å². The lowest BCUT2D eigenvalue weighted by atomic mass is 10.0. The van der Waals surface area contributed by atoms with Gasteiger partial charge >= 0.3 is 0 Å². The van der Waals surface area contributed by atoms with E-state index in [2.05, 4.69) is 29.6 Å². The largest absolute Gasteiger partial charge is 0.399 e. The Labute approximate surface area is 190 Å². The third-order valence-corrected chi connectivity index (χ3v) is 5.82. The van der Waals surface area contributed by atoms with E-state index in [0.717, 1.165) is 27.2 Å². The van der Waals surface area contributed by atoms with Crippen LogP contribution in [0.2, 0.25) is 0 Å². The lowest BCUT2D eigenvalue weighted by Crippen LogP contribution is -2.18. The molecule has 5 rings (SSSR count). The van der Waals surface area contributed by atoms with E-state index in [-0.39, 0.29) is 11.7 Å². The van der Waals surface area contributed by atoms with Crippen LogP contribution >= 0.6 is 0 Å². The summed E-state index contributed by atoms with van der Waals surface area (Å²) in [5.74, 6) is -0.233. The number of rotatable bonds is 5. The van der Waals surface area contributed by atoms with Gasteiger partial charge in [0, 0.05) is 34.4 Å². The topological polar surface area (TPSA) is 110 Å². The minimum absolute atomic E-state index is 0.0114. The first-order valence-electron chi connectivity index (χ1n) is 10.6. The summed E-state index contributed by atoms with van der Waals surface area (Å²) in [5, 5.41) is 14.0. The zero-order valence-corrected chi connectivity index (χ0v) is 17.9. The fourth-order valence-electron chi connectivity index (χ4n) is 4.14. The number of amidine groups is 1. The van der Waals surface area contributed by atoms with E-state index < -0.39 is 0 Å².